The summed E-state index contributed by atoms with van der Waals surface area (Å²) in [5.41, 5.74) is 0.397. The Morgan fingerprint density at radius 1 is 1.40 bits per heavy atom. The van der Waals surface area contributed by atoms with E-state index >= 15 is 0 Å². The highest BCUT2D eigenvalue weighted by Crippen LogP contribution is 2.53. The Bertz CT molecular complexity index is 644. The predicted molar refractivity (Wildman–Crippen MR) is 78.5 cm³/mol. The van der Waals surface area contributed by atoms with Crippen LogP contribution in [0.1, 0.15) is 6.42 Å². The number of benzene rings is 1. The summed E-state index contributed by atoms with van der Waals surface area (Å²) < 4.78 is 24.1. The molecule has 20 heavy (non-hydrogen) atoms. The highest BCUT2D eigenvalue weighted by atomic mass is 35.5. The first-order valence-electron chi connectivity index (χ1n) is 5.86. The van der Waals surface area contributed by atoms with E-state index in [1.165, 1.54) is 26.2 Å². The third kappa shape index (κ3) is 3.09. The second kappa shape index (κ2) is 5.18. The van der Waals surface area contributed by atoms with Crippen molar-refractivity contribution < 1.29 is 13.2 Å². The molecule has 1 aromatic rings. The Morgan fingerprint density at radius 3 is 2.50 bits per heavy atom. The van der Waals surface area contributed by atoms with E-state index in [1.54, 1.807) is 12.1 Å². The minimum atomic E-state index is -3.53. The van der Waals surface area contributed by atoms with Crippen LogP contribution in [0.4, 0.5) is 5.69 Å². The summed E-state index contributed by atoms with van der Waals surface area (Å²) >= 11 is 11.6. The Labute approximate surface area is 127 Å². The average molecular weight is 337 g/mol. The molecule has 8 heteroatoms. The first-order valence-corrected chi connectivity index (χ1v) is 8.05. The molecule has 1 fully saturated rings. The van der Waals surface area contributed by atoms with Gasteiger partial charge >= 0.3 is 0 Å². The lowest BCUT2D eigenvalue weighted by Gasteiger charge is -2.12. The van der Waals surface area contributed by atoms with E-state index in [9.17, 15) is 13.2 Å². The van der Waals surface area contributed by atoms with Gasteiger partial charge in [-0.3, -0.25) is 4.79 Å². The van der Waals surface area contributed by atoms with Gasteiger partial charge in [-0.15, -0.1) is 23.2 Å². The minimum Gasteiger partial charge on any atom is -0.326 e. The van der Waals surface area contributed by atoms with Crippen molar-refractivity contribution in [2.24, 2.45) is 5.92 Å². The summed E-state index contributed by atoms with van der Waals surface area (Å²) in [6.45, 7) is 0. The number of carbonyl (C=O) groups is 1. The van der Waals surface area contributed by atoms with E-state index in [-0.39, 0.29) is 10.8 Å². The van der Waals surface area contributed by atoms with Gasteiger partial charge in [0.1, 0.15) is 4.33 Å². The SMILES string of the molecule is CN(C)S(=O)(=O)c1cccc(NC(=O)C2CC2(Cl)Cl)c1. The van der Waals surface area contributed by atoms with Crippen molar-refractivity contribution in [1.29, 1.82) is 0 Å². The summed E-state index contributed by atoms with van der Waals surface area (Å²) in [6.07, 6.45) is 0.400. The number of halogens is 2. The summed E-state index contributed by atoms with van der Waals surface area (Å²) in [5.74, 6) is -0.769. The molecule has 0 bridgehead atoms. The van der Waals surface area contributed by atoms with Gasteiger partial charge in [0.15, 0.2) is 0 Å². The third-order valence-electron chi connectivity index (χ3n) is 3.02. The Morgan fingerprint density at radius 2 is 2.00 bits per heavy atom. The third-order valence-corrected chi connectivity index (χ3v) is 5.67. The second-order valence-corrected chi connectivity index (χ2v) is 8.52. The van der Waals surface area contributed by atoms with E-state index in [2.05, 4.69) is 5.32 Å². The van der Waals surface area contributed by atoms with Crippen LogP contribution in [-0.2, 0) is 14.8 Å². The number of hydrogen-bond acceptors (Lipinski definition) is 3. The Balaban J connectivity index is 2.17. The molecule has 110 valence electrons. The lowest BCUT2D eigenvalue weighted by Crippen LogP contribution is -2.22. The van der Waals surface area contributed by atoms with Crippen molar-refractivity contribution in [3.63, 3.8) is 0 Å². The number of nitrogens with zero attached hydrogens (tertiary/aromatic N) is 1. The van der Waals surface area contributed by atoms with Crippen LogP contribution < -0.4 is 5.32 Å². The fourth-order valence-electron chi connectivity index (χ4n) is 1.67. The maximum atomic E-state index is 12.0. The fourth-order valence-corrected chi connectivity index (χ4v) is 3.13. The normalized spacial score (nSPS) is 20.8. The molecule has 1 amide bonds. The zero-order valence-corrected chi connectivity index (χ0v) is 13.3. The molecule has 5 nitrogen and oxygen atoms in total. The van der Waals surface area contributed by atoms with Gasteiger partial charge in [-0.05, 0) is 24.6 Å². The summed E-state index contributed by atoms with van der Waals surface area (Å²) in [5, 5.41) is 2.62. The second-order valence-electron chi connectivity index (χ2n) is 4.82. The van der Waals surface area contributed by atoms with Crippen molar-refractivity contribution in [2.75, 3.05) is 19.4 Å². The lowest BCUT2D eigenvalue weighted by molar-refractivity contribution is -0.117. The largest absolute Gasteiger partial charge is 0.326 e. The topological polar surface area (TPSA) is 66.5 Å². The van der Waals surface area contributed by atoms with Crippen LogP contribution in [0.3, 0.4) is 0 Å². The number of alkyl halides is 2. The molecule has 1 aliphatic rings. The molecule has 0 radical (unpaired) electrons. The van der Waals surface area contributed by atoms with Crippen molar-refractivity contribution in [1.82, 2.24) is 4.31 Å². The first-order chi connectivity index (χ1) is 9.14. The van der Waals surface area contributed by atoms with Crippen LogP contribution in [0, 0.1) is 5.92 Å². The van der Waals surface area contributed by atoms with E-state index in [4.69, 9.17) is 23.2 Å². The number of carbonyl (C=O) groups excluding carboxylic acids is 1. The summed E-state index contributed by atoms with van der Waals surface area (Å²) in [4.78, 5) is 12.0. The van der Waals surface area contributed by atoms with Crippen LogP contribution in [0.25, 0.3) is 0 Å². The minimum absolute atomic E-state index is 0.110. The van der Waals surface area contributed by atoms with Gasteiger partial charge in [0.2, 0.25) is 15.9 Å². The van der Waals surface area contributed by atoms with E-state index in [1.807, 2.05) is 0 Å². The average Bonchev–Trinajstić information content (AvgIpc) is 2.99. The van der Waals surface area contributed by atoms with E-state index in [0.717, 1.165) is 4.31 Å². The fraction of sp³-hybridized carbons (Fsp3) is 0.417. The molecule has 1 saturated carbocycles. The maximum absolute atomic E-state index is 12.0. The number of nitrogens with one attached hydrogen (secondary N) is 1. The number of sulfonamides is 1. The van der Waals surface area contributed by atoms with Gasteiger partial charge in [0.05, 0.1) is 10.8 Å². The van der Waals surface area contributed by atoms with Crippen molar-refractivity contribution in [3.05, 3.63) is 24.3 Å². The Kier molecular flexibility index (Phi) is 4.03. The van der Waals surface area contributed by atoms with Crippen LogP contribution in [-0.4, -0.2) is 37.1 Å². The van der Waals surface area contributed by atoms with Crippen molar-refractivity contribution in [2.45, 2.75) is 15.6 Å². The molecule has 0 heterocycles. The molecule has 1 unspecified atom stereocenters. The van der Waals surface area contributed by atoms with E-state index < -0.39 is 20.3 Å². The van der Waals surface area contributed by atoms with Crippen molar-refractivity contribution >= 4 is 44.8 Å². The van der Waals surface area contributed by atoms with Gasteiger partial charge in [0.25, 0.3) is 0 Å². The zero-order valence-electron chi connectivity index (χ0n) is 10.9. The molecule has 0 saturated heterocycles. The van der Waals surface area contributed by atoms with Gasteiger partial charge in [-0.1, -0.05) is 6.07 Å². The van der Waals surface area contributed by atoms with Gasteiger partial charge in [-0.2, -0.15) is 0 Å². The first kappa shape index (κ1) is 15.6. The van der Waals surface area contributed by atoms with Gasteiger partial charge < -0.3 is 5.32 Å². The molecular formula is C12H14Cl2N2O3S. The van der Waals surface area contributed by atoms with Gasteiger partial charge in [0, 0.05) is 19.8 Å². The number of hydrogen-bond donors (Lipinski definition) is 1. The summed E-state index contributed by atoms with van der Waals surface area (Å²) in [6, 6.07) is 6.04. The van der Waals surface area contributed by atoms with E-state index in [0.29, 0.717) is 12.1 Å². The van der Waals surface area contributed by atoms with Crippen LogP contribution >= 0.6 is 23.2 Å². The lowest BCUT2D eigenvalue weighted by atomic mass is 10.3. The molecule has 1 aromatic carbocycles. The summed E-state index contributed by atoms with van der Waals surface area (Å²) in [7, 11) is -0.644. The van der Waals surface area contributed by atoms with Gasteiger partial charge in [-0.25, -0.2) is 12.7 Å². The van der Waals surface area contributed by atoms with Crippen molar-refractivity contribution in [3.8, 4) is 0 Å². The van der Waals surface area contributed by atoms with Crippen LogP contribution in [0.15, 0.2) is 29.2 Å². The predicted octanol–water partition coefficient (Wildman–Crippen LogP) is 2.07. The molecule has 0 aromatic heterocycles. The monoisotopic (exact) mass is 336 g/mol. The zero-order chi connectivity index (χ0) is 15.1. The highest BCUT2D eigenvalue weighted by Gasteiger charge is 2.56. The molecule has 0 spiro atoms. The smallest absolute Gasteiger partial charge is 0.242 e. The molecule has 1 aliphatic carbocycles. The molecule has 1 N–H and O–H groups in total. The molecular weight excluding hydrogens is 323 g/mol. The molecule has 0 aliphatic heterocycles. The Hall–Kier alpha value is -0.820. The molecule has 2 rings (SSSR count). The quantitative estimate of drug-likeness (QED) is 0.856. The number of rotatable bonds is 4. The standard InChI is InChI=1S/C12H14Cl2N2O3S/c1-16(2)20(18,19)9-5-3-4-8(6-9)15-11(17)10-7-12(10,13)14/h3-6,10H,7H2,1-2H3,(H,15,17). The highest BCUT2D eigenvalue weighted by molar-refractivity contribution is 7.89. The van der Waals surface area contributed by atoms with Crippen LogP contribution in [0.2, 0.25) is 0 Å². The number of amides is 1. The number of anilines is 1. The maximum Gasteiger partial charge on any atom is 0.242 e. The van der Waals surface area contributed by atoms with Crippen LogP contribution in [0.5, 0.6) is 0 Å². The molecule has 1 atom stereocenters.